The van der Waals surface area contributed by atoms with Crippen molar-refractivity contribution in [2.24, 2.45) is 0 Å². The molecule has 136 valence electrons. The lowest BCUT2D eigenvalue weighted by atomic mass is 10.3. The van der Waals surface area contributed by atoms with E-state index in [1.165, 1.54) is 0 Å². The molecule has 0 bridgehead atoms. The van der Waals surface area contributed by atoms with Crippen LogP contribution in [0.3, 0.4) is 0 Å². The lowest BCUT2D eigenvalue weighted by Gasteiger charge is -2.17. The summed E-state index contributed by atoms with van der Waals surface area (Å²) in [6.07, 6.45) is 7.13. The monoisotopic (exact) mass is 372 g/mol. The second kappa shape index (κ2) is 7.65. The van der Waals surface area contributed by atoms with Crippen LogP contribution in [0.2, 0.25) is 0 Å². The molecule has 10 heteroatoms. The molecule has 26 heavy (non-hydrogen) atoms. The van der Waals surface area contributed by atoms with Crippen molar-refractivity contribution in [1.29, 1.82) is 0 Å². The largest absolute Gasteiger partial charge is 0.351 e. The maximum Gasteiger partial charge on any atom is 0.271 e. The van der Waals surface area contributed by atoms with Gasteiger partial charge in [-0.15, -0.1) is 10.2 Å². The summed E-state index contributed by atoms with van der Waals surface area (Å²) in [5.41, 5.74) is 2.23. The van der Waals surface area contributed by atoms with Crippen LogP contribution in [0.1, 0.15) is 22.7 Å². The van der Waals surface area contributed by atoms with Crippen molar-refractivity contribution in [2.75, 3.05) is 24.5 Å². The van der Waals surface area contributed by atoms with E-state index in [2.05, 4.69) is 35.1 Å². The van der Waals surface area contributed by atoms with E-state index in [9.17, 15) is 4.79 Å². The Morgan fingerprint density at radius 3 is 3.08 bits per heavy atom. The van der Waals surface area contributed by atoms with E-state index in [1.807, 2.05) is 23.1 Å². The van der Waals surface area contributed by atoms with Gasteiger partial charge in [-0.3, -0.25) is 9.48 Å². The van der Waals surface area contributed by atoms with Gasteiger partial charge in [0.2, 0.25) is 5.13 Å². The highest BCUT2D eigenvalue weighted by atomic mass is 32.1. The Morgan fingerprint density at radius 2 is 2.27 bits per heavy atom. The van der Waals surface area contributed by atoms with Gasteiger partial charge >= 0.3 is 0 Å². The Hall–Kier alpha value is -2.75. The summed E-state index contributed by atoms with van der Waals surface area (Å²) in [5.74, 6) is 0.825. The third-order valence-electron chi connectivity index (χ3n) is 4.34. The predicted molar refractivity (Wildman–Crippen MR) is 97.2 cm³/mol. The Morgan fingerprint density at radius 1 is 1.31 bits per heavy atom. The summed E-state index contributed by atoms with van der Waals surface area (Å²) in [6, 6.07) is 1.89. The minimum absolute atomic E-state index is 0.119. The normalized spacial score (nSPS) is 14.1. The molecular weight excluding hydrogens is 352 g/mol. The van der Waals surface area contributed by atoms with Gasteiger partial charge in [-0.2, -0.15) is 5.10 Å². The van der Waals surface area contributed by atoms with Crippen LogP contribution in [0.15, 0.2) is 30.2 Å². The van der Waals surface area contributed by atoms with Gasteiger partial charge in [0, 0.05) is 57.7 Å². The van der Waals surface area contributed by atoms with Crippen molar-refractivity contribution in [2.45, 2.75) is 25.9 Å². The molecule has 0 fully saturated rings. The number of imidazole rings is 1. The number of hydrogen-bond acceptors (Lipinski definition) is 7. The van der Waals surface area contributed by atoms with Crippen molar-refractivity contribution >= 4 is 22.4 Å². The molecule has 0 unspecified atom stereocenters. The first-order valence-corrected chi connectivity index (χ1v) is 9.50. The molecule has 0 aromatic carbocycles. The number of carbonyl (C=O) groups excluding carboxylic acids is 1. The Balaban J connectivity index is 1.29. The number of rotatable bonds is 6. The third kappa shape index (κ3) is 3.74. The molecular formula is C16H20N8OS. The quantitative estimate of drug-likeness (QED) is 0.644. The molecule has 1 aliphatic heterocycles. The highest BCUT2D eigenvalue weighted by molar-refractivity contribution is 7.13. The van der Waals surface area contributed by atoms with Gasteiger partial charge in [0.1, 0.15) is 17.0 Å². The second-order valence-corrected chi connectivity index (χ2v) is 6.88. The number of aromatic nitrogens is 6. The lowest BCUT2D eigenvalue weighted by Crippen LogP contribution is -2.27. The minimum atomic E-state index is -0.119. The van der Waals surface area contributed by atoms with Crippen LogP contribution in [0.4, 0.5) is 5.13 Å². The van der Waals surface area contributed by atoms with Gasteiger partial charge in [-0.05, 0) is 12.5 Å². The van der Waals surface area contributed by atoms with Crippen LogP contribution in [0.5, 0.6) is 0 Å². The van der Waals surface area contributed by atoms with Crippen molar-refractivity contribution in [3.8, 4) is 0 Å². The fourth-order valence-corrected chi connectivity index (χ4v) is 3.61. The van der Waals surface area contributed by atoms with E-state index in [0.29, 0.717) is 12.2 Å². The van der Waals surface area contributed by atoms with E-state index in [1.54, 1.807) is 23.0 Å². The summed E-state index contributed by atoms with van der Waals surface area (Å²) >= 11 is 1.54. The summed E-state index contributed by atoms with van der Waals surface area (Å²) in [4.78, 5) is 19.1. The number of aryl methyl sites for hydroxylation is 1. The molecule has 0 saturated heterocycles. The summed E-state index contributed by atoms with van der Waals surface area (Å²) in [6.45, 7) is 3.84. The summed E-state index contributed by atoms with van der Waals surface area (Å²) < 4.78 is 3.92. The first kappa shape index (κ1) is 16.7. The molecule has 4 rings (SSSR count). The number of nitrogens with zero attached hydrogens (tertiary/aromatic N) is 7. The average molecular weight is 372 g/mol. The zero-order valence-electron chi connectivity index (χ0n) is 14.3. The smallest absolute Gasteiger partial charge is 0.271 e. The van der Waals surface area contributed by atoms with E-state index in [0.717, 1.165) is 50.0 Å². The zero-order chi connectivity index (χ0) is 17.8. The number of anilines is 1. The third-order valence-corrected chi connectivity index (χ3v) is 5.09. The fraction of sp³-hybridized carbons (Fsp3) is 0.438. The molecule has 0 spiro atoms. The van der Waals surface area contributed by atoms with Crippen molar-refractivity contribution in [3.63, 3.8) is 0 Å². The topological polar surface area (TPSA) is 93.8 Å². The molecule has 0 radical (unpaired) electrons. The highest BCUT2D eigenvalue weighted by Gasteiger charge is 2.20. The Kier molecular flexibility index (Phi) is 4.91. The first-order chi connectivity index (χ1) is 12.8. The molecule has 0 aliphatic carbocycles. The van der Waals surface area contributed by atoms with Gasteiger partial charge in [-0.1, -0.05) is 11.3 Å². The Bertz CT molecular complexity index is 816. The van der Waals surface area contributed by atoms with E-state index in [-0.39, 0.29) is 5.91 Å². The standard InChI is InChI=1S/C16H20N8OS/c25-15(17-4-1-6-24-7-2-5-19-24)13-11-23-10-9-22(8-3-14(23)20-13)16-21-18-12-26-16/h2,5,7,11-12H,1,3-4,6,8-10H2,(H,17,25). The van der Waals surface area contributed by atoms with Gasteiger partial charge in [0.15, 0.2) is 0 Å². The van der Waals surface area contributed by atoms with Gasteiger partial charge in [-0.25, -0.2) is 4.98 Å². The maximum absolute atomic E-state index is 12.3. The van der Waals surface area contributed by atoms with E-state index >= 15 is 0 Å². The first-order valence-electron chi connectivity index (χ1n) is 8.62. The van der Waals surface area contributed by atoms with Crippen molar-refractivity contribution in [1.82, 2.24) is 34.8 Å². The van der Waals surface area contributed by atoms with E-state index in [4.69, 9.17) is 0 Å². The number of hydrogen-bond donors (Lipinski definition) is 1. The molecule has 9 nitrogen and oxygen atoms in total. The molecule has 0 atom stereocenters. The highest BCUT2D eigenvalue weighted by Crippen LogP contribution is 2.19. The van der Waals surface area contributed by atoms with Crippen LogP contribution < -0.4 is 10.2 Å². The lowest BCUT2D eigenvalue weighted by molar-refractivity contribution is 0.0948. The zero-order valence-corrected chi connectivity index (χ0v) is 15.1. The molecule has 1 aliphatic rings. The number of carbonyl (C=O) groups is 1. The maximum atomic E-state index is 12.3. The van der Waals surface area contributed by atoms with E-state index < -0.39 is 0 Å². The molecule has 3 aromatic heterocycles. The van der Waals surface area contributed by atoms with Crippen molar-refractivity contribution in [3.05, 3.63) is 41.7 Å². The van der Waals surface area contributed by atoms with Crippen LogP contribution >= 0.6 is 11.3 Å². The van der Waals surface area contributed by atoms with Gasteiger partial charge < -0.3 is 14.8 Å². The van der Waals surface area contributed by atoms with Crippen LogP contribution in [-0.4, -0.2) is 55.1 Å². The van der Waals surface area contributed by atoms with Crippen LogP contribution in [0, 0.1) is 0 Å². The predicted octanol–water partition coefficient (Wildman–Crippen LogP) is 0.814. The van der Waals surface area contributed by atoms with Crippen molar-refractivity contribution < 1.29 is 4.79 Å². The van der Waals surface area contributed by atoms with Gasteiger partial charge in [0.25, 0.3) is 5.91 Å². The number of fused-ring (bicyclic) bond motifs is 1. The van der Waals surface area contributed by atoms with Gasteiger partial charge in [0.05, 0.1) is 0 Å². The minimum Gasteiger partial charge on any atom is -0.351 e. The summed E-state index contributed by atoms with van der Waals surface area (Å²) in [5, 5.41) is 16.0. The molecule has 4 heterocycles. The second-order valence-electron chi connectivity index (χ2n) is 6.07. The Labute approximate surface area is 154 Å². The average Bonchev–Trinajstić information content (AvgIpc) is 3.40. The number of amides is 1. The molecule has 1 amide bonds. The molecule has 0 saturated carbocycles. The molecule has 3 aromatic rings. The fourth-order valence-electron chi connectivity index (χ4n) is 2.99. The SMILES string of the molecule is O=C(NCCCn1cccn1)c1cn2c(n1)CCN(c1nncs1)CC2. The summed E-state index contributed by atoms with van der Waals surface area (Å²) in [7, 11) is 0. The van der Waals surface area contributed by atoms with Crippen LogP contribution in [0.25, 0.3) is 0 Å². The van der Waals surface area contributed by atoms with Crippen LogP contribution in [-0.2, 0) is 19.5 Å². The molecule has 1 N–H and O–H groups in total. The number of nitrogens with one attached hydrogen (secondary N) is 1.